The Kier molecular flexibility index (Phi) is 7.17. The SMILES string of the molecule is CN(c1ccc(Cl)c(F)c1)c1ccnc(Nc2cc(N3CCOCC3)cc(N3CCOCC3)c2)n1. The molecule has 3 aromatic rings. The van der Waals surface area contributed by atoms with E-state index < -0.39 is 5.82 Å². The first kappa shape index (κ1) is 23.6. The van der Waals surface area contributed by atoms with Crippen LogP contribution in [0.5, 0.6) is 0 Å². The summed E-state index contributed by atoms with van der Waals surface area (Å²) >= 11 is 5.83. The maximum atomic E-state index is 14.0. The van der Waals surface area contributed by atoms with Crippen LogP contribution in [0.2, 0.25) is 5.02 Å². The highest BCUT2D eigenvalue weighted by Gasteiger charge is 2.18. The molecule has 0 saturated carbocycles. The van der Waals surface area contributed by atoms with Crippen LogP contribution in [0.25, 0.3) is 0 Å². The molecule has 184 valence electrons. The van der Waals surface area contributed by atoms with Crippen LogP contribution in [-0.2, 0) is 9.47 Å². The first-order chi connectivity index (χ1) is 17.1. The summed E-state index contributed by atoms with van der Waals surface area (Å²) in [5.74, 6) is 0.608. The zero-order chi connectivity index (χ0) is 24.2. The summed E-state index contributed by atoms with van der Waals surface area (Å²) in [4.78, 5) is 15.5. The summed E-state index contributed by atoms with van der Waals surface area (Å²) < 4.78 is 25.1. The van der Waals surface area contributed by atoms with Gasteiger partial charge in [-0.2, -0.15) is 4.98 Å². The second kappa shape index (κ2) is 10.6. The predicted molar refractivity (Wildman–Crippen MR) is 137 cm³/mol. The number of aromatic nitrogens is 2. The molecule has 2 aliphatic heterocycles. The molecule has 2 aliphatic rings. The smallest absolute Gasteiger partial charge is 0.229 e. The Morgan fingerprint density at radius 1 is 0.914 bits per heavy atom. The van der Waals surface area contributed by atoms with Gasteiger partial charge in [-0.05, 0) is 42.5 Å². The van der Waals surface area contributed by atoms with Crippen LogP contribution in [-0.4, -0.2) is 69.6 Å². The average molecular weight is 499 g/mol. The molecule has 0 atom stereocenters. The minimum absolute atomic E-state index is 0.0865. The van der Waals surface area contributed by atoms with Gasteiger partial charge in [0, 0.05) is 62.2 Å². The third-order valence-electron chi connectivity index (χ3n) is 6.19. The Hall–Kier alpha value is -3.14. The largest absolute Gasteiger partial charge is 0.378 e. The van der Waals surface area contributed by atoms with E-state index in [2.05, 4.69) is 43.3 Å². The van der Waals surface area contributed by atoms with Gasteiger partial charge in [0.1, 0.15) is 11.6 Å². The van der Waals surface area contributed by atoms with Crippen molar-refractivity contribution in [1.82, 2.24) is 9.97 Å². The highest BCUT2D eigenvalue weighted by atomic mass is 35.5. The van der Waals surface area contributed by atoms with Gasteiger partial charge in [-0.25, -0.2) is 9.37 Å². The standard InChI is InChI=1S/C25H28ClFN6O2/c1-31(19-2-3-22(26)23(27)17-19)24-4-5-28-25(30-24)29-18-14-20(32-6-10-34-11-7-32)16-21(15-18)33-8-12-35-13-9-33/h2-5,14-17H,6-13H2,1H3,(H,28,29,30). The first-order valence-electron chi connectivity index (χ1n) is 11.7. The highest BCUT2D eigenvalue weighted by molar-refractivity contribution is 6.30. The van der Waals surface area contributed by atoms with Crippen LogP contribution >= 0.6 is 11.6 Å². The molecular formula is C25H28ClFN6O2. The summed E-state index contributed by atoms with van der Waals surface area (Å²) in [6, 6.07) is 12.9. The fourth-order valence-corrected chi connectivity index (χ4v) is 4.34. The second-order valence-electron chi connectivity index (χ2n) is 8.46. The lowest BCUT2D eigenvalue weighted by molar-refractivity contribution is 0.122. The molecule has 3 heterocycles. The van der Waals surface area contributed by atoms with Crippen LogP contribution in [0.4, 0.5) is 38.9 Å². The number of anilines is 6. The van der Waals surface area contributed by atoms with Crippen molar-refractivity contribution in [2.24, 2.45) is 0 Å². The molecule has 0 radical (unpaired) electrons. The Morgan fingerprint density at radius 3 is 2.14 bits per heavy atom. The average Bonchev–Trinajstić information content (AvgIpc) is 2.91. The van der Waals surface area contributed by atoms with E-state index in [1.807, 2.05) is 7.05 Å². The van der Waals surface area contributed by atoms with Crippen LogP contribution in [0.1, 0.15) is 0 Å². The van der Waals surface area contributed by atoms with E-state index in [9.17, 15) is 4.39 Å². The van der Waals surface area contributed by atoms with Gasteiger partial charge in [-0.1, -0.05) is 11.6 Å². The molecule has 10 heteroatoms. The lowest BCUT2D eigenvalue weighted by Gasteiger charge is -2.33. The van der Waals surface area contributed by atoms with E-state index >= 15 is 0 Å². The molecule has 2 aromatic carbocycles. The van der Waals surface area contributed by atoms with Gasteiger partial charge in [0.05, 0.1) is 31.5 Å². The molecular weight excluding hydrogens is 471 g/mol. The Balaban J connectivity index is 1.42. The van der Waals surface area contributed by atoms with Gasteiger partial charge >= 0.3 is 0 Å². The van der Waals surface area contributed by atoms with E-state index in [0.717, 1.165) is 43.2 Å². The van der Waals surface area contributed by atoms with Crippen molar-refractivity contribution in [2.75, 3.05) is 79.7 Å². The molecule has 1 N–H and O–H groups in total. The first-order valence-corrected chi connectivity index (χ1v) is 12.0. The number of rotatable bonds is 6. The van der Waals surface area contributed by atoms with Crippen molar-refractivity contribution < 1.29 is 13.9 Å². The Morgan fingerprint density at radius 2 is 1.54 bits per heavy atom. The number of halogens is 2. The molecule has 2 saturated heterocycles. The van der Waals surface area contributed by atoms with Crippen LogP contribution < -0.4 is 20.0 Å². The Bertz CT molecular complexity index is 1130. The maximum absolute atomic E-state index is 14.0. The van der Waals surface area contributed by atoms with Crippen molar-refractivity contribution in [3.05, 3.63) is 59.5 Å². The predicted octanol–water partition coefficient (Wildman–Crippen LogP) is 4.45. The zero-order valence-electron chi connectivity index (χ0n) is 19.6. The summed E-state index contributed by atoms with van der Waals surface area (Å²) in [7, 11) is 1.82. The van der Waals surface area contributed by atoms with Gasteiger partial charge in [0.2, 0.25) is 5.95 Å². The highest BCUT2D eigenvalue weighted by Crippen LogP contribution is 2.31. The van der Waals surface area contributed by atoms with Crippen molar-refractivity contribution >= 4 is 46.1 Å². The lowest BCUT2D eigenvalue weighted by Crippen LogP contribution is -2.38. The van der Waals surface area contributed by atoms with Crippen LogP contribution in [0.3, 0.4) is 0 Å². The molecule has 0 bridgehead atoms. The maximum Gasteiger partial charge on any atom is 0.229 e. The van der Waals surface area contributed by atoms with Gasteiger partial charge < -0.3 is 29.5 Å². The minimum atomic E-state index is -0.473. The van der Waals surface area contributed by atoms with Crippen LogP contribution in [0, 0.1) is 5.82 Å². The van der Waals surface area contributed by atoms with E-state index in [1.54, 1.807) is 23.2 Å². The molecule has 0 amide bonds. The van der Waals surface area contributed by atoms with E-state index in [-0.39, 0.29) is 5.02 Å². The zero-order valence-corrected chi connectivity index (χ0v) is 20.3. The molecule has 0 unspecified atom stereocenters. The number of ether oxygens (including phenoxy) is 2. The number of hydrogen-bond donors (Lipinski definition) is 1. The van der Waals surface area contributed by atoms with Crippen molar-refractivity contribution in [3.8, 4) is 0 Å². The Labute approximate surface area is 209 Å². The van der Waals surface area contributed by atoms with Crippen molar-refractivity contribution in [1.29, 1.82) is 0 Å². The molecule has 35 heavy (non-hydrogen) atoms. The molecule has 8 nitrogen and oxygen atoms in total. The molecule has 1 aromatic heterocycles. The molecule has 0 spiro atoms. The van der Waals surface area contributed by atoms with E-state index in [4.69, 9.17) is 21.1 Å². The van der Waals surface area contributed by atoms with Crippen LogP contribution in [0.15, 0.2) is 48.7 Å². The third kappa shape index (κ3) is 5.58. The minimum Gasteiger partial charge on any atom is -0.378 e. The monoisotopic (exact) mass is 498 g/mol. The van der Waals surface area contributed by atoms with Gasteiger partial charge in [0.15, 0.2) is 0 Å². The summed E-state index contributed by atoms with van der Waals surface area (Å²) in [6.07, 6.45) is 1.68. The lowest BCUT2D eigenvalue weighted by atomic mass is 10.2. The number of hydrogen-bond acceptors (Lipinski definition) is 8. The van der Waals surface area contributed by atoms with Gasteiger partial charge in [-0.15, -0.1) is 0 Å². The summed E-state index contributed by atoms with van der Waals surface area (Å²) in [5, 5.41) is 3.46. The fraction of sp³-hybridized carbons (Fsp3) is 0.360. The fourth-order valence-electron chi connectivity index (χ4n) is 4.23. The number of benzene rings is 2. The molecule has 2 fully saturated rings. The third-order valence-corrected chi connectivity index (χ3v) is 6.49. The summed E-state index contributed by atoms with van der Waals surface area (Å²) in [6.45, 7) is 6.25. The van der Waals surface area contributed by atoms with Crippen molar-refractivity contribution in [2.45, 2.75) is 0 Å². The topological polar surface area (TPSA) is 66.0 Å². The van der Waals surface area contributed by atoms with Gasteiger partial charge in [0.25, 0.3) is 0 Å². The number of nitrogens with one attached hydrogen (secondary N) is 1. The number of morpholine rings is 2. The number of nitrogens with zero attached hydrogens (tertiary/aromatic N) is 5. The van der Waals surface area contributed by atoms with Crippen molar-refractivity contribution in [3.63, 3.8) is 0 Å². The second-order valence-corrected chi connectivity index (χ2v) is 8.87. The molecule has 0 aliphatic carbocycles. The normalized spacial score (nSPS) is 16.3. The molecule has 5 rings (SSSR count). The quantitative estimate of drug-likeness (QED) is 0.534. The van der Waals surface area contributed by atoms with Gasteiger partial charge in [-0.3, -0.25) is 0 Å². The summed E-state index contributed by atoms with van der Waals surface area (Å²) in [5.41, 5.74) is 3.79. The van der Waals surface area contributed by atoms with E-state index in [0.29, 0.717) is 43.9 Å². The van der Waals surface area contributed by atoms with E-state index in [1.165, 1.54) is 12.1 Å².